The molecule has 0 spiro atoms. The van der Waals surface area contributed by atoms with E-state index in [1.54, 1.807) is 0 Å². The minimum atomic E-state index is 0.562. The molecule has 84 valence electrons. The highest BCUT2D eigenvalue weighted by molar-refractivity contribution is 5.68. The Morgan fingerprint density at radius 1 is 1.25 bits per heavy atom. The molecule has 0 bridgehead atoms. The van der Waals surface area contributed by atoms with E-state index < -0.39 is 0 Å². The van der Waals surface area contributed by atoms with Crippen molar-refractivity contribution < 1.29 is 0 Å². The van der Waals surface area contributed by atoms with Crippen LogP contribution >= 0.6 is 0 Å². The van der Waals surface area contributed by atoms with Crippen LogP contribution < -0.4 is 5.73 Å². The van der Waals surface area contributed by atoms with Crippen molar-refractivity contribution in [2.75, 3.05) is 0 Å². The maximum Gasteiger partial charge on any atom is 0.0672 e. The first kappa shape index (κ1) is 10.9. The lowest BCUT2D eigenvalue weighted by molar-refractivity contribution is 0.653. The molecule has 2 aromatic rings. The summed E-state index contributed by atoms with van der Waals surface area (Å²) in [4.78, 5) is 0. The van der Waals surface area contributed by atoms with E-state index in [0.29, 0.717) is 6.54 Å². The molecule has 16 heavy (non-hydrogen) atoms. The Morgan fingerprint density at radius 2 is 2.00 bits per heavy atom. The number of aryl methyl sites for hydroxylation is 2. The van der Waals surface area contributed by atoms with E-state index >= 15 is 0 Å². The number of nitrogens with zero attached hydrogens (tertiary/aromatic N) is 2. The van der Waals surface area contributed by atoms with Gasteiger partial charge in [0.2, 0.25) is 0 Å². The molecule has 1 heterocycles. The van der Waals surface area contributed by atoms with Crippen LogP contribution in [-0.4, -0.2) is 9.78 Å². The van der Waals surface area contributed by atoms with E-state index in [9.17, 15) is 0 Å². The van der Waals surface area contributed by atoms with Crippen molar-refractivity contribution in [1.82, 2.24) is 9.78 Å². The lowest BCUT2D eigenvalue weighted by atomic mass is 10.0. The molecule has 1 aromatic heterocycles. The number of rotatable bonds is 3. The molecule has 1 aromatic carbocycles. The van der Waals surface area contributed by atoms with Crippen molar-refractivity contribution in [3.63, 3.8) is 0 Å². The second-order valence-corrected chi connectivity index (χ2v) is 3.85. The highest BCUT2D eigenvalue weighted by atomic mass is 15.3. The third kappa shape index (κ3) is 1.86. The number of aromatic nitrogens is 2. The summed E-state index contributed by atoms with van der Waals surface area (Å²) < 4.78 is 1.96. The van der Waals surface area contributed by atoms with Gasteiger partial charge in [0.1, 0.15) is 0 Å². The van der Waals surface area contributed by atoms with Crippen LogP contribution in [0.15, 0.2) is 30.5 Å². The normalized spacial score (nSPS) is 10.7. The summed E-state index contributed by atoms with van der Waals surface area (Å²) in [7, 11) is 0. The molecular formula is C13H17N3. The number of nitrogens with two attached hydrogens (primary N) is 1. The molecule has 2 N–H and O–H groups in total. The second-order valence-electron chi connectivity index (χ2n) is 3.85. The van der Waals surface area contributed by atoms with Gasteiger partial charge in [0, 0.05) is 24.8 Å². The van der Waals surface area contributed by atoms with Crippen molar-refractivity contribution >= 4 is 0 Å². The van der Waals surface area contributed by atoms with Gasteiger partial charge in [0.05, 0.1) is 5.69 Å². The van der Waals surface area contributed by atoms with Gasteiger partial charge in [-0.3, -0.25) is 4.68 Å². The Labute approximate surface area is 95.9 Å². The lowest BCUT2D eigenvalue weighted by Crippen LogP contribution is -1.98. The van der Waals surface area contributed by atoms with Gasteiger partial charge in [0.25, 0.3) is 0 Å². The fourth-order valence-electron chi connectivity index (χ4n) is 1.91. The van der Waals surface area contributed by atoms with Crippen LogP contribution in [0.2, 0.25) is 0 Å². The van der Waals surface area contributed by atoms with Gasteiger partial charge in [-0.2, -0.15) is 5.10 Å². The van der Waals surface area contributed by atoms with Gasteiger partial charge >= 0.3 is 0 Å². The largest absolute Gasteiger partial charge is 0.326 e. The van der Waals surface area contributed by atoms with Gasteiger partial charge in [-0.25, -0.2) is 0 Å². The second kappa shape index (κ2) is 4.49. The topological polar surface area (TPSA) is 43.8 Å². The zero-order valence-corrected chi connectivity index (χ0v) is 9.77. The summed E-state index contributed by atoms with van der Waals surface area (Å²) >= 11 is 0. The monoisotopic (exact) mass is 215 g/mol. The van der Waals surface area contributed by atoms with E-state index in [0.717, 1.165) is 12.2 Å². The van der Waals surface area contributed by atoms with E-state index in [1.807, 2.05) is 23.7 Å². The molecule has 0 saturated carbocycles. The van der Waals surface area contributed by atoms with Crippen LogP contribution in [0.3, 0.4) is 0 Å². The number of hydrogen-bond donors (Lipinski definition) is 1. The van der Waals surface area contributed by atoms with Crippen molar-refractivity contribution in [2.45, 2.75) is 26.9 Å². The summed E-state index contributed by atoms with van der Waals surface area (Å²) in [6.45, 7) is 5.58. The molecule has 0 radical (unpaired) electrons. The summed E-state index contributed by atoms with van der Waals surface area (Å²) in [5, 5.41) is 4.46. The Bertz CT molecular complexity index is 486. The first-order valence-electron chi connectivity index (χ1n) is 5.58. The van der Waals surface area contributed by atoms with E-state index in [4.69, 9.17) is 5.73 Å². The van der Waals surface area contributed by atoms with Gasteiger partial charge in [-0.05, 0) is 25.0 Å². The van der Waals surface area contributed by atoms with Gasteiger partial charge in [-0.1, -0.05) is 24.3 Å². The predicted molar refractivity (Wildman–Crippen MR) is 66.0 cm³/mol. The third-order valence-electron chi connectivity index (χ3n) is 2.80. The Balaban J connectivity index is 2.53. The first-order valence-corrected chi connectivity index (χ1v) is 5.58. The van der Waals surface area contributed by atoms with Crippen LogP contribution in [0.4, 0.5) is 0 Å². The molecule has 0 aliphatic rings. The molecular weight excluding hydrogens is 198 g/mol. The standard InChI is InChI=1S/C13H17N3/c1-3-16-9-13(10(2)15-16)12-7-5-4-6-11(12)8-14/h4-7,9H,3,8,14H2,1-2H3. The Morgan fingerprint density at radius 3 is 2.62 bits per heavy atom. The molecule has 0 amide bonds. The lowest BCUT2D eigenvalue weighted by Gasteiger charge is -2.05. The maximum absolute atomic E-state index is 5.75. The predicted octanol–water partition coefficient (Wildman–Crippen LogP) is 2.34. The molecule has 0 aliphatic heterocycles. The van der Waals surface area contributed by atoms with Crippen LogP contribution in [0, 0.1) is 6.92 Å². The van der Waals surface area contributed by atoms with Gasteiger partial charge < -0.3 is 5.73 Å². The van der Waals surface area contributed by atoms with E-state index in [-0.39, 0.29) is 0 Å². The molecule has 0 atom stereocenters. The Hall–Kier alpha value is -1.61. The van der Waals surface area contributed by atoms with Crippen molar-refractivity contribution in [3.8, 4) is 11.1 Å². The van der Waals surface area contributed by atoms with Crippen molar-refractivity contribution in [2.24, 2.45) is 5.73 Å². The molecule has 0 saturated heterocycles. The minimum Gasteiger partial charge on any atom is -0.326 e. The van der Waals surface area contributed by atoms with Crippen LogP contribution in [0.5, 0.6) is 0 Å². The van der Waals surface area contributed by atoms with Crippen LogP contribution in [0.1, 0.15) is 18.2 Å². The van der Waals surface area contributed by atoms with Gasteiger partial charge in [0.15, 0.2) is 0 Å². The molecule has 2 rings (SSSR count). The average Bonchev–Trinajstić information content (AvgIpc) is 2.70. The SMILES string of the molecule is CCn1cc(-c2ccccc2CN)c(C)n1. The summed E-state index contributed by atoms with van der Waals surface area (Å²) in [6.07, 6.45) is 2.09. The zero-order chi connectivity index (χ0) is 11.5. The number of benzene rings is 1. The first-order chi connectivity index (χ1) is 7.76. The van der Waals surface area contributed by atoms with Crippen molar-refractivity contribution in [1.29, 1.82) is 0 Å². The fourth-order valence-corrected chi connectivity index (χ4v) is 1.91. The van der Waals surface area contributed by atoms with E-state index in [2.05, 4.69) is 30.4 Å². The molecule has 3 nitrogen and oxygen atoms in total. The molecule has 0 unspecified atom stereocenters. The molecule has 3 heteroatoms. The minimum absolute atomic E-state index is 0.562. The fraction of sp³-hybridized carbons (Fsp3) is 0.308. The van der Waals surface area contributed by atoms with Crippen molar-refractivity contribution in [3.05, 3.63) is 41.7 Å². The summed E-state index contributed by atoms with van der Waals surface area (Å²) in [5.74, 6) is 0. The smallest absolute Gasteiger partial charge is 0.0672 e. The van der Waals surface area contributed by atoms with Crippen LogP contribution in [-0.2, 0) is 13.1 Å². The maximum atomic E-state index is 5.75. The Kier molecular flexibility index (Phi) is 3.06. The molecule has 0 aliphatic carbocycles. The van der Waals surface area contributed by atoms with Gasteiger partial charge in [-0.15, -0.1) is 0 Å². The number of hydrogen-bond acceptors (Lipinski definition) is 2. The zero-order valence-electron chi connectivity index (χ0n) is 9.77. The molecule has 0 fully saturated rings. The highest BCUT2D eigenvalue weighted by Crippen LogP contribution is 2.25. The van der Waals surface area contributed by atoms with Crippen LogP contribution in [0.25, 0.3) is 11.1 Å². The highest BCUT2D eigenvalue weighted by Gasteiger charge is 2.09. The third-order valence-corrected chi connectivity index (χ3v) is 2.80. The summed E-state index contributed by atoms with van der Waals surface area (Å²) in [6, 6.07) is 8.23. The quantitative estimate of drug-likeness (QED) is 0.854. The summed E-state index contributed by atoms with van der Waals surface area (Å²) in [5.41, 5.74) is 10.4. The average molecular weight is 215 g/mol. The van der Waals surface area contributed by atoms with E-state index in [1.165, 1.54) is 16.7 Å².